The van der Waals surface area contributed by atoms with E-state index in [1.54, 1.807) is 48.5 Å². The summed E-state index contributed by atoms with van der Waals surface area (Å²) >= 11 is 0. The van der Waals surface area contributed by atoms with Gasteiger partial charge in [0.25, 0.3) is 0 Å². The van der Waals surface area contributed by atoms with Gasteiger partial charge in [0.15, 0.2) is 5.75 Å². The average molecular weight is 577 g/mol. The quantitative estimate of drug-likeness (QED) is 0.0401. The van der Waals surface area contributed by atoms with E-state index in [0.717, 1.165) is 50.7 Å². The van der Waals surface area contributed by atoms with Crippen LogP contribution in [0.5, 0.6) is 17.2 Å². The van der Waals surface area contributed by atoms with Crippen LogP contribution in [0, 0.1) is 10.1 Å². The lowest BCUT2D eigenvalue weighted by Crippen LogP contribution is -2.13. The number of anilines is 1. The van der Waals surface area contributed by atoms with E-state index in [9.17, 15) is 14.9 Å². The summed E-state index contributed by atoms with van der Waals surface area (Å²) < 4.78 is 17.2. The summed E-state index contributed by atoms with van der Waals surface area (Å²) in [6, 6.07) is 16.5. The molecule has 0 unspecified atom stereocenters. The minimum absolute atomic E-state index is 0.146. The molecule has 0 heterocycles. The van der Waals surface area contributed by atoms with E-state index in [0.29, 0.717) is 34.7 Å². The van der Waals surface area contributed by atoms with Crippen LogP contribution in [0.25, 0.3) is 11.1 Å². The number of nitrogens with two attached hydrogens (primary N) is 1. The second-order valence-corrected chi connectivity index (χ2v) is 10.6. The van der Waals surface area contributed by atoms with E-state index < -0.39 is 10.9 Å². The third-order valence-electron chi connectivity index (χ3n) is 7.10. The van der Waals surface area contributed by atoms with Crippen LogP contribution in [0.2, 0.25) is 0 Å². The van der Waals surface area contributed by atoms with Gasteiger partial charge in [-0.15, -0.1) is 0 Å². The first-order valence-corrected chi connectivity index (χ1v) is 15.1. The summed E-state index contributed by atoms with van der Waals surface area (Å²) in [4.78, 5) is 24.1. The fraction of sp³-hybridized carbons (Fsp3) is 0.441. The van der Waals surface area contributed by atoms with Crippen molar-refractivity contribution in [3.8, 4) is 28.4 Å². The second-order valence-electron chi connectivity index (χ2n) is 10.6. The average Bonchev–Trinajstić information content (AvgIpc) is 2.98. The van der Waals surface area contributed by atoms with E-state index in [4.69, 9.17) is 19.9 Å². The Morgan fingerprint density at radius 3 is 2.12 bits per heavy atom. The molecule has 1 atom stereocenters. The molecule has 0 spiro atoms. The Balaban J connectivity index is 1.61. The topological polar surface area (TPSA) is 114 Å². The summed E-state index contributed by atoms with van der Waals surface area (Å²) in [5.41, 5.74) is 7.99. The molecule has 0 fully saturated rings. The van der Waals surface area contributed by atoms with Gasteiger partial charge in [0.1, 0.15) is 11.5 Å². The molecule has 0 aliphatic heterocycles. The molecule has 0 aromatic heterocycles. The zero-order valence-electron chi connectivity index (χ0n) is 25.1. The molecule has 0 aliphatic rings. The Morgan fingerprint density at radius 1 is 0.857 bits per heavy atom. The van der Waals surface area contributed by atoms with Crippen molar-refractivity contribution in [3.63, 3.8) is 0 Å². The first-order valence-electron chi connectivity index (χ1n) is 15.1. The van der Waals surface area contributed by atoms with Gasteiger partial charge >= 0.3 is 11.7 Å². The number of carbonyl (C=O) groups excluding carboxylic acids is 1. The van der Waals surface area contributed by atoms with E-state index in [-0.39, 0.29) is 17.5 Å². The summed E-state index contributed by atoms with van der Waals surface area (Å²) in [5, 5.41) is 11.9. The van der Waals surface area contributed by atoms with Crippen molar-refractivity contribution >= 4 is 17.3 Å². The highest BCUT2D eigenvalue weighted by Crippen LogP contribution is 2.38. The zero-order valence-corrected chi connectivity index (χ0v) is 25.1. The van der Waals surface area contributed by atoms with Crippen molar-refractivity contribution in [3.05, 3.63) is 76.3 Å². The van der Waals surface area contributed by atoms with Gasteiger partial charge in [-0.05, 0) is 68.1 Å². The number of nitrogen functional groups attached to an aromatic ring is 1. The molecular formula is C34H44N2O6. The van der Waals surface area contributed by atoms with Crippen molar-refractivity contribution in [2.75, 3.05) is 12.3 Å². The maximum Gasteiger partial charge on any atom is 0.343 e. The Morgan fingerprint density at radius 2 is 1.48 bits per heavy atom. The molecule has 0 saturated carbocycles. The number of carbonyl (C=O) groups is 1. The Labute approximate surface area is 249 Å². The molecule has 0 amide bonds. The molecule has 226 valence electrons. The maximum absolute atomic E-state index is 12.7. The van der Waals surface area contributed by atoms with Crippen LogP contribution in [0.3, 0.4) is 0 Å². The van der Waals surface area contributed by atoms with Gasteiger partial charge in [0, 0.05) is 23.4 Å². The molecule has 0 saturated heterocycles. The Hall–Kier alpha value is -4.07. The monoisotopic (exact) mass is 576 g/mol. The van der Waals surface area contributed by atoms with Gasteiger partial charge in [0.05, 0.1) is 23.2 Å². The van der Waals surface area contributed by atoms with Crippen molar-refractivity contribution in [2.45, 2.75) is 91.1 Å². The van der Waals surface area contributed by atoms with Crippen molar-refractivity contribution in [2.24, 2.45) is 0 Å². The van der Waals surface area contributed by atoms with Crippen LogP contribution in [-0.2, 0) is 0 Å². The number of unbranched alkanes of at least 4 members (excludes halogenated alkanes) is 7. The van der Waals surface area contributed by atoms with Crippen LogP contribution in [-0.4, -0.2) is 23.6 Å². The SMILES string of the molecule is CCCCCCCOc1ccc(OC(=O)c2ccc(-c3cc([N+](=O)[O-])c(O[C@H](C)CCCCCC)cc3N)cc2)cc1. The molecule has 0 aliphatic carbocycles. The number of benzene rings is 3. The van der Waals surface area contributed by atoms with Crippen LogP contribution < -0.4 is 19.9 Å². The predicted octanol–water partition coefficient (Wildman–Crippen LogP) is 9.15. The van der Waals surface area contributed by atoms with Gasteiger partial charge in [-0.1, -0.05) is 70.9 Å². The third-order valence-corrected chi connectivity index (χ3v) is 7.10. The minimum Gasteiger partial charge on any atom is -0.494 e. The molecule has 3 rings (SSSR count). The molecule has 0 radical (unpaired) electrons. The maximum atomic E-state index is 12.7. The minimum atomic E-state index is -0.512. The predicted molar refractivity (Wildman–Crippen MR) is 167 cm³/mol. The molecule has 8 heteroatoms. The van der Waals surface area contributed by atoms with Crippen molar-refractivity contribution in [1.29, 1.82) is 0 Å². The molecule has 0 bridgehead atoms. The Kier molecular flexibility index (Phi) is 13.1. The van der Waals surface area contributed by atoms with Crippen LogP contribution in [0.1, 0.15) is 95.3 Å². The van der Waals surface area contributed by atoms with Crippen LogP contribution in [0.4, 0.5) is 11.4 Å². The van der Waals surface area contributed by atoms with Gasteiger partial charge in [0.2, 0.25) is 0 Å². The number of nitro benzene ring substituents is 1. The van der Waals surface area contributed by atoms with Gasteiger partial charge < -0.3 is 19.9 Å². The Bertz CT molecular complexity index is 1270. The van der Waals surface area contributed by atoms with Crippen LogP contribution in [0.15, 0.2) is 60.7 Å². The highest BCUT2D eigenvalue weighted by molar-refractivity contribution is 5.92. The molecule has 8 nitrogen and oxygen atoms in total. The summed E-state index contributed by atoms with van der Waals surface area (Å²) in [6.45, 7) is 6.92. The van der Waals surface area contributed by atoms with Crippen molar-refractivity contribution < 1.29 is 23.9 Å². The van der Waals surface area contributed by atoms with E-state index in [2.05, 4.69) is 13.8 Å². The number of ether oxygens (including phenoxy) is 3. The zero-order chi connectivity index (χ0) is 30.3. The lowest BCUT2D eigenvalue weighted by molar-refractivity contribution is -0.386. The number of nitrogens with zero attached hydrogens (tertiary/aromatic N) is 1. The number of nitro groups is 1. The lowest BCUT2D eigenvalue weighted by Gasteiger charge is -2.16. The summed E-state index contributed by atoms with van der Waals surface area (Å²) in [6.07, 6.45) is 10.9. The summed E-state index contributed by atoms with van der Waals surface area (Å²) in [5.74, 6) is 0.795. The number of rotatable bonds is 18. The normalized spacial score (nSPS) is 11.6. The van der Waals surface area contributed by atoms with Gasteiger partial charge in [-0.2, -0.15) is 0 Å². The first-order chi connectivity index (χ1) is 20.3. The standard InChI is InChI=1S/C34H44N2O6/c1-4-6-8-10-12-22-40-28-18-20-29(21-19-28)42-34(37)27-16-14-26(15-17-27)30-23-32(36(38)39)33(24-31(30)35)41-25(3)13-11-9-7-5-2/h14-21,23-25H,4-13,22,35H2,1-3H3/t25-/m1/s1. The van der Waals surface area contributed by atoms with Gasteiger partial charge in [-0.3, -0.25) is 10.1 Å². The van der Waals surface area contributed by atoms with E-state index in [1.807, 2.05) is 6.92 Å². The second kappa shape index (κ2) is 17.0. The largest absolute Gasteiger partial charge is 0.494 e. The lowest BCUT2D eigenvalue weighted by atomic mass is 10.0. The number of hydrogen-bond donors (Lipinski definition) is 1. The first kappa shape index (κ1) is 32.4. The number of esters is 1. The molecular weight excluding hydrogens is 532 g/mol. The van der Waals surface area contributed by atoms with Crippen molar-refractivity contribution in [1.82, 2.24) is 0 Å². The smallest absolute Gasteiger partial charge is 0.343 e. The highest BCUT2D eigenvalue weighted by atomic mass is 16.6. The summed E-state index contributed by atoms with van der Waals surface area (Å²) in [7, 11) is 0. The van der Waals surface area contributed by atoms with Crippen LogP contribution >= 0.6 is 0 Å². The van der Waals surface area contributed by atoms with E-state index in [1.165, 1.54) is 31.4 Å². The third kappa shape index (κ3) is 10.1. The fourth-order valence-corrected chi connectivity index (χ4v) is 4.66. The molecule has 3 aromatic rings. The number of hydrogen-bond acceptors (Lipinski definition) is 7. The van der Waals surface area contributed by atoms with E-state index >= 15 is 0 Å². The molecule has 2 N–H and O–H groups in total. The molecule has 42 heavy (non-hydrogen) atoms. The fourth-order valence-electron chi connectivity index (χ4n) is 4.66. The highest BCUT2D eigenvalue weighted by Gasteiger charge is 2.21. The molecule has 3 aromatic carbocycles. The van der Waals surface area contributed by atoms with Gasteiger partial charge in [-0.25, -0.2) is 4.79 Å².